The molecule has 1 unspecified atom stereocenters. The monoisotopic (exact) mass is 224 g/mol. The summed E-state index contributed by atoms with van der Waals surface area (Å²) < 4.78 is 5.72. The number of benzene rings is 2. The molecular weight excluding hydrogens is 212 g/mol. The lowest BCUT2D eigenvalue weighted by atomic mass is 10.1. The lowest BCUT2D eigenvalue weighted by Crippen LogP contribution is -2.04. The van der Waals surface area contributed by atoms with Crippen LogP contribution in [0.25, 0.3) is 0 Å². The van der Waals surface area contributed by atoms with E-state index < -0.39 is 6.10 Å². The minimum Gasteiger partial charge on any atom is -0.481 e. The Morgan fingerprint density at radius 1 is 0.941 bits per heavy atom. The van der Waals surface area contributed by atoms with Crippen LogP contribution < -0.4 is 4.74 Å². The van der Waals surface area contributed by atoms with Crippen LogP contribution in [0, 0.1) is 0 Å². The van der Waals surface area contributed by atoms with Gasteiger partial charge in [-0.25, -0.2) is 4.79 Å². The SMILES string of the molecule is O=C=CC(Oc1ccccc1)c1ccccc1. The molecule has 2 rings (SSSR count). The lowest BCUT2D eigenvalue weighted by Gasteiger charge is -2.14. The topological polar surface area (TPSA) is 26.3 Å². The highest BCUT2D eigenvalue weighted by Gasteiger charge is 2.09. The number of carbonyl (C=O) groups excluding carboxylic acids is 1. The molecule has 0 aliphatic rings. The van der Waals surface area contributed by atoms with Gasteiger partial charge in [-0.1, -0.05) is 48.5 Å². The Hall–Kier alpha value is -2.31. The second-order valence-electron chi connectivity index (χ2n) is 3.55. The van der Waals surface area contributed by atoms with E-state index in [9.17, 15) is 4.79 Å². The van der Waals surface area contributed by atoms with Crippen molar-refractivity contribution in [2.75, 3.05) is 0 Å². The van der Waals surface area contributed by atoms with Crippen molar-refractivity contribution in [3.63, 3.8) is 0 Å². The molecule has 2 heteroatoms. The van der Waals surface area contributed by atoms with Gasteiger partial charge in [-0.15, -0.1) is 0 Å². The summed E-state index contributed by atoms with van der Waals surface area (Å²) in [6, 6.07) is 19.0. The molecule has 0 radical (unpaired) electrons. The predicted octanol–water partition coefficient (Wildman–Crippen LogP) is 3.19. The van der Waals surface area contributed by atoms with E-state index in [0.717, 1.165) is 11.3 Å². The summed E-state index contributed by atoms with van der Waals surface area (Å²) in [6.07, 6.45) is 0.985. The van der Waals surface area contributed by atoms with Crippen LogP contribution in [0.5, 0.6) is 5.75 Å². The van der Waals surface area contributed by atoms with Crippen molar-refractivity contribution in [3.05, 3.63) is 72.3 Å². The van der Waals surface area contributed by atoms with Crippen LogP contribution in [0.2, 0.25) is 0 Å². The third-order valence-electron chi connectivity index (χ3n) is 2.35. The van der Waals surface area contributed by atoms with Crippen LogP contribution in [0.3, 0.4) is 0 Å². The van der Waals surface area contributed by atoms with E-state index in [1.807, 2.05) is 60.7 Å². The Morgan fingerprint density at radius 2 is 1.53 bits per heavy atom. The van der Waals surface area contributed by atoms with Crippen LogP contribution in [0.15, 0.2) is 66.7 Å². The Kier molecular flexibility index (Phi) is 3.74. The molecule has 0 aliphatic heterocycles. The molecule has 2 aromatic carbocycles. The van der Waals surface area contributed by atoms with Crippen LogP contribution in [-0.4, -0.2) is 5.94 Å². The standard InChI is InChI=1S/C15H12O2/c16-12-11-15(13-7-3-1-4-8-13)17-14-9-5-2-6-10-14/h1-11,15H. The molecule has 0 spiro atoms. The average Bonchev–Trinajstić information content (AvgIpc) is 2.40. The zero-order valence-electron chi connectivity index (χ0n) is 9.24. The molecule has 0 N–H and O–H groups in total. The van der Waals surface area contributed by atoms with Crippen molar-refractivity contribution in [2.24, 2.45) is 0 Å². The first-order valence-corrected chi connectivity index (χ1v) is 5.38. The fourth-order valence-electron chi connectivity index (χ4n) is 1.55. The minimum absolute atomic E-state index is 0.393. The molecule has 0 bridgehead atoms. The van der Waals surface area contributed by atoms with Crippen molar-refractivity contribution in [1.29, 1.82) is 0 Å². The highest BCUT2D eigenvalue weighted by Crippen LogP contribution is 2.21. The summed E-state index contributed by atoms with van der Waals surface area (Å²) >= 11 is 0. The third-order valence-corrected chi connectivity index (χ3v) is 2.35. The highest BCUT2D eigenvalue weighted by atomic mass is 16.5. The second-order valence-corrected chi connectivity index (χ2v) is 3.55. The van der Waals surface area contributed by atoms with Gasteiger partial charge < -0.3 is 4.74 Å². The first-order valence-electron chi connectivity index (χ1n) is 5.38. The van der Waals surface area contributed by atoms with Gasteiger partial charge in [0.05, 0.1) is 0 Å². The van der Waals surface area contributed by atoms with Crippen molar-refractivity contribution < 1.29 is 9.53 Å². The van der Waals surface area contributed by atoms with Crippen LogP contribution in [-0.2, 0) is 4.79 Å². The largest absolute Gasteiger partial charge is 0.481 e. The Balaban J connectivity index is 2.22. The van der Waals surface area contributed by atoms with Gasteiger partial charge in [0.2, 0.25) is 0 Å². The summed E-state index contributed by atoms with van der Waals surface area (Å²) in [7, 11) is 0. The van der Waals surface area contributed by atoms with E-state index in [4.69, 9.17) is 4.74 Å². The smallest absolute Gasteiger partial charge is 0.152 e. The molecule has 1 atom stereocenters. The highest BCUT2D eigenvalue weighted by molar-refractivity contribution is 5.48. The van der Waals surface area contributed by atoms with Gasteiger partial charge in [0.25, 0.3) is 0 Å². The summed E-state index contributed by atoms with van der Waals surface area (Å²) in [5, 5.41) is 0. The maximum absolute atomic E-state index is 10.5. The molecule has 17 heavy (non-hydrogen) atoms. The van der Waals surface area contributed by atoms with E-state index in [-0.39, 0.29) is 0 Å². The Labute approximate surface area is 100 Å². The normalized spacial score (nSPS) is 11.3. The van der Waals surface area contributed by atoms with E-state index in [1.54, 1.807) is 5.94 Å². The number of rotatable bonds is 4. The summed E-state index contributed by atoms with van der Waals surface area (Å²) in [5.74, 6) is 2.52. The van der Waals surface area contributed by atoms with E-state index >= 15 is 0 Å². The lowest BCUT2D eigenvalue weighted by molar-refractivity contribution is 0.256. The van der Waals surface area contributed by atoms with Crippen molar-refractivity contribution in [1.82, 2.24) is 0 Å². The number of para-hydroxylation sites is 1. The maximum Gasteiger partial charge on any atom is 0.152 e. The molecule has 0 saturated heterocycles. The van der Waals surface area contributed by atoms with Gasteiger partial charge in [-0.2, -0.15) is 0 Å². The molecule has 0 saturated carbocycles. The molecule has 0 aliphatic carbocycles. The number of ether oxygens (including phenoxy) is 1. The van der Waals surface area contributed by atoms with Gasteiger partial charge in [-0.3, -0.25) is 0 Å². The van der Waals surface area contributed by atoms with Crippen molar-refractivity contribution in [3.8, 4) is 5.75 Å². The zero-order valence-corrected chi connectivity index (χ0v) is 9.24. The summed E-state index contributed by atoms with van der Waals surface area (Å²) in [6.45, 7) is 0. The van der Waals surface area contributed by atoms with Gasteiger partial charge in [-0.05, 0) is 17.7 Å². The predicted molar refractivity (Wildman–Crippen MR) is 66.5 cm³/mol. The molecule has 0 amide bonds. The average molecular weight is 224 g/mol. The van der Waals surface area contributed by atoms with E-state index in [0.29, 0.717) is 0 Å². The maximum atomic E-state index is 10.5. The fourth-order valence-corrected chi connectivity index (χ4v) is 1.55. The number of hydrogen-bond donors (Lipinski definition) is 0. The molecular formula is C15H12O2. The Morgan fingerprint density at radius 3 is 2.12 bits per heavy atom. The van der Waals surface area contributed by atoms with Crippen molar-refractivity contribution in [2.45, 2.75) is 6.10 Å². The molecule has 2 nitrogen and oxygen atoms in total. The molecule has 0 aromatic heterocycles. The van der Waals surface area contributed by atoms with E-state index in [1.165, 1.54) is 6.08 Å². The molecule has 2 aromatic rings. The first kappa shape index (κ1) is 11.2. The van der Waals surface area contributed by atoms with Gasteiger partial charge in [0, 0.05) is 6.08 Å². The molecule has 0 heterocycles. The van der Waals surface area contributed by atoms with Gasteiger partial charge >= 0.3 is 0 Å². The first-order chi connectivity index (χ1) is 8.40. The van der Waals surface area contributed by atoms with Gasteiger partial charge in [0.15, 0.2) is 6.10 Å². The number of hydrogen-bond acceptors (Lipinski definition) is 2. The zero-order chi connectivity index (χ0) is 11.9. The third kappa shape index (κ3) is 3.07. The molecule has 84 valence electrons. The van der Waals surface area contributed by atoms with Crippen LogP contribution in [0.4, 0.5) is 0 Å². The fraction of sp³-hybridized carbons (Fsp3) is 0.0667. The summed E-state index contributed by atoms with van der Waals surface area (Å²) in [5.41, 5.74) is 0.930. The Bertz CT molecular complexity index is 499. The van der Waals surface area contributed by atoms with Crippen molar-refractivity contribution >= 4 is 5.94 Å². The molecule has 0 fully saturated rings. The summed E-state index contributed by atoms with van der Waals surface area (Å²) in [4.78, 5) is 10.5. The van der Waals surface area contributed by atoms with Crippen LogP contribution in [0.1, 0.15) is 11.7 Å². The van der Waals surface area contributed by atoms with Crippen LogP contribution >= 0.6 is 0 Å². The van der Waals surface area contributed by atoms with E-state index in [2.05, 4.69) is 0 Å². The minimum atomic E-state index is -0.393. The second kappa shape index (κ2) is 5.69. The quantitative estimate of drug-likeness (QED) is 0.745. The van der Waals surface area contributed by atoms with Gasteiger partial charge in [0.1, 0.15) is 11.7 Å².